The summed E-state index contributed by atoms with van der Waals surface area (Å²) in [5.74, 6) is 0.221. The molecular weight excluding hydrogens is 252 g/mol. The average Bonchev–Trinajstić information content (AvgIpc) is 2.43. The van der Waals surface area contributed by atoms with Gasteiger partial charge >= 0.3 is 10.4 Å². The lowest BCUT2D eigenvalue weighted by molar-refractivity contribution is 0.0728. The van der Waals surface area contributed by atoms with E-state index in [0.717, 1.165) is 5.56 Å². The van der Waals surface area contributed by atoms with E-state index in [1.165, 1.54) is 5.56 Å². The van der Waals surface area contributed by atoms with Crippen molar-refractivity contribution in [2.75, 3.05) is 0 Å². The maximum atomic E-state index is 11.5. The van der Waals surface area contributed by atoms with Crippen molar-refractivity contribution < 1.29 is 16.8 Å². The first-order chi connectivity index (χ1) is 8.58. The van der Waals surface area contributed by atoms with Crippen LogP contribution < -0.4 is 0 Å². The lowest BCUT2D eigenvalue weighted by Crippen LogP contribution is -2.41. The van der Waals surface area contributed by atoms with Gasteiger partial charge < -0.3 is 0 Å². The molecule has 0 radical (unpaired) electrons. The molecule has 94 valence electrons. The largest absolute Gasteiger partial charge is 0.401 e. The minimum Gasteiger partial charge on any atom is -0.241 e. The summed E-state index contributed by atoms with van der Waals surface area (Å²) in [4.78, 5) is 0. The second-order valence-corrected chi connectivity index (χ2v) is 6.28. The molecule has 5 rings (SSSR count). The second-order valence-electron chi connectivity index (χ2n) is 5.11. The van der Waals surface area contributed by atoms with Crippen LogP contribution in [0.4, 0.5) is 0 Å². The van der Waals surface area contributed by atoms with Gasteiger partial charge in [-0.25, -0.2) is 8.37 Å². The molecule has 1 aromatic rings. The summed E-state index contributed by atoms with van der Waals surface area (Å²) < 4.78 is 33.4. The highest BCUT2D eigenvalue weighted by atomic mass is 32.3. The van der Waals surface area contributed by atoms with E-state index in [1.54, 1.807) is 0 Å². The Balaban J connectivity index is 1.91. The fourth-order valence-electron chi connectivity index (χ4n) is 3.24. The normalized spacial score (nSPS) is 39.1. The Kier molecular flexibility index (Phi) is 1.92. The average molecular weight is 264 g/mol. The van der Waals surface area contributed by atoms with Crippen LogP contribution >= 0.6 is 0 Å². The van der Waals surface area contributed by atoms with Crippen molar-refractivity contribution in [1.82, 2.24) is 0 Å². The molecule has 1 aromatic carbocycles. The van der Waals surface area contributed by atoms with Crippen LogP contribution in [-0.4, -0.2) is 20.1 Å². The topological polar surface area (TPSA) is 52.6 Å². The summed E-state index contributed by atoms with van der Waals surface area (Å²) in [6.07, 6.45) is 4.74. The van der Waals surface area contributed by atoms with Crippen molar-refractivity contribution >= 4 is 10.4 Å². The third kappa shape index (κ3) is 1.35. The Morgan fingerprint density at radius 1 is 1.28 bits per heavy atom. The van der Waals surface area contributed by atoms with Gasteiger partial charge in [0.2, 0.25) is 0 Å². The Bertz CT molecular complexity index is 649. The number of hydrogen-bond donors (Lipinski definition) is 0. The van der Waals surface area contributed by atoms with Gasteiger partial charge in [-0.1, -0.05) is 36.4 Å². The first kappa shape index (κ1) is 10.7. The van der Waals surface area contributed by atoms with Gasteiger partial charge in [-0.3, -0.25) is 0 Å². The standard InChI is InChI=1S/C13H12O4S/c14-18(15)16-12-7-9-5-6-13(12,17-18)8-10-3-1-2-4-11(9)10/h1-6,9,12H,7-8H2/t9-,12?,13+/m0/s1. The second kappa shape index (κ2) is 3.23. The van der Waals surface area contributed by atoms with Crippen molar-refractivity contribution in [2.24, 2.45) is 0 Å². The first-order valence-electron chi connectivity index (χ1n) is 5.99. The molecule has 0 aromatic heterocycles. The lowest BCUT2D eigenvalue weighted by atomic mass is 9.83. The first-order valence-corrected chi connectivity index (χ1v) is 7.32. The van der Waals surface area contributed by atoms with E-state index >= 15 is 0 Å². The van der Waals surface area contributed by atoms with E-state index in [9.17, 15) is 8.42 Å². The van der Waals surface area contributed by atoms with Crippen LogP contribution in [0.2, 0.25) is 0 Å². The predicted octanol–water partition coefficient (Wildman–Crippen LogP) is 1.69. The molecule has 5 heteroatoms. The van der Waals surface area contributed by atoms with E-state index < -0.39 is 22.1 Å². The molecule has 0 amide bonds. The minimum atomic E-state index is -3.84. The number of hydrogen-bond acceptors (Lipinski definition) is 4. The molecule has 0 N–H and O–H groups in total. The van der Waals surface area contributed by atoms with Crippen molar-refractivity contribution in [2.45, 2.75) is 30.5 Å². The fourth-order valence-corrected chi connectivity index (χ4v) is 4.40. The van der Waals surface area contributed by atoms with Crippen molar-refractivity contribution in [3.63, 3.8) is 0 Å². The molecular formula is C13H12O4S. The van der Waals surface area contributed by atoms with Crippen LogP contribution in [0.5, 0.6) is 0 Å². The van der Waals surface area contributed by atoms with E-state index in [0.29, 0.717) is 12.8 Å². The zero-order chi connectivity index (χ0) is 12.4. The molecule has 1 unspecified atom stereocenters. The third-order valence-corrected chi connectivity index (χ3v) is 5.02. The van der Waals surface area contributed by atoms with Gasteiger partial charge in [-0.05, 0) is 17.5 Å². The summed E-state index contributed by atoms with van der Waals surface area (Å²) in [5.41, 5.74) is 1.57. The van der Waals surface area contributed by atoms with Gasteiger partial charge in [0, 0.05) is 12.3 Å². The molecule has 2 bridgehead atoms. The number of allylic oxidation sites excluding steroid dienone is 1. The van der Waals surface area contributed by atoms with Crippen molar-refractivity contribution in [3.05, 3.63) is 47.5 Å². The van der Waals surface area contributed by atoms with E-state index in [-0.39, 0.29) is 5.92 Å². The van der Waals surface area contributed by atoms with Gasteiger partial charge in [0.25, 0.3) is 0 Å². The molecule has 4 nitrogen and oxygen atoms in total. The molecule has 1 spiro atoms. The molecule has 4 aliphatic rings. The summed E-state index contributed by atoms with van der Waals surface area (Å²) >= 11 is 0. The Labute approximate surface area is 106 Å². The highest BCUT2D eigenvalue weighted by Crippen LogP contribution is 2.48. The maximum absolute atomic E-state index is 11.5. The van der Waals surface area contributed by atoms with Crippen LogP contribution in [0, 0.1) is 0 Å². The Morgan fingerprint density at radius 2 is 2.11 bits per heavy atom. The molecule has 0 saturated carbocycles. The lowest BCUT2D eigenvalue weighted by Gasteiger charge is -2.29. The summed E-state index contributed by atoms with van der Waals surface area (Å²) in [6.45, 7) is 0. The predicted molar refractivity (Wildman–Crippen MR) is 64.3 cm³/mol. The Morgan fingerprint density at radius 3 is 3.00 bits per heavy atom. The van der Waals surface area contributed by atoms with Crippen LogP contribution in [0.3, 0.4) is 0 Å². The van der Waals surface area contributed by atoms with E-state index in [1.807, 2.05) is 30.4 Å². The zero-order valence-corrected chi connectivity index (χ0v) is 10.4. The molecule has 1 fully saturated rings. The number of rotatable bonds is 0. The van der Waals surface area contributed by atoms with Gasteiger partial charge in [0.05, 0.1) is 0 Å². The number of benzene rings is 1. The summed E-state index contributed by atoms with van der Waals surface area (Å²) in [5, 5.41) is 0. The smallest absolute Gasteiger partial charge is 0.241 e. The van der Waals surface area contributed by atoms with Crippen molar-refractivity contribution in [3.8, 4) is 0 Å². The van der Waals surface area contributed by atoms with Crippen LogP contribution in [0.1, 0.15) is 23.5 Å². The maximum Gasteiger partial charge on any atom is 0.401 e. The van der Waals surface area contributed by atoms with E-state index in [2.05, 4.69) is 6.07 Å². The highest BCUT2D eigenvalue weighted by Gasteiger charge is 2.55. The van der Waals surface area contributed by atoms with Crippen molar-refractivity contribution in [1.29, 1.82) is 0 Å². The summed E-state index contributed by atoms with van der Waals surface area (Å²) in [7, 11) is -3.84. The molecule has 18 heavy (non-hydrogen) atoms. The third-order valence-electron chi connectivity index (χ3n) is 4.04. The van der Waals surface area contributed by atoms with Crippen LogP contribution in [0.25, 0.3) is 0 Å². The van der Waals surface area contributed by atoms with Gasteiger partial charge in [-0.15, -0.1) is 0 Å². The molecule has 1 saturated heterocycles. The molecule has 1 heterocycles. The van der Waals surface area contributed by atoms with Gasteiger partial charge in [-0.2, -0.15) is 8.42 Å². The molecule has 3 atom stereocenters. The fraction of sp³-hybridized carbons (Fsp3) is 0.385. The van der Waals surface area contributed by atoms with Gasteiger partial charge in [0.15, 0.2) is 0 Å². The quantitative estimate of drug-likeness (QED) is 0.669. The van der Waals surface area contributed by atoms with Gasteiger partial charge in [0.1, 0.15) is 11.7 Å². The summed E-state index contributed by atoms with van der Waals surface area (Å²) in [6, 6.07) is 8.11. The zero-order valence-electron chi connectivity index (χ0n) is 9.57. The van der Waals surface area contributed by atoms with E-state index in [4.69, 9.17) is 8.37 Å². The highest BCUT2D eigenvalue weighted by molar-refractivity contribution is 7.82. The minimum absolute atomic E-state index is 0.221. The van der Waals surface area contributed by atoms with Crippen LogP contribution in [-0.2, 0) is 25.2 Å². The monoisotopic (exact) mass is 264 g/mol. The van der Waals surface area contributed by atoms with Crippen LogP contribution in [0.15, 0.2) is 36.4 Å². The SMILES string of the molecule is O=S1(=O)OC2C[C@@H]3C=C[C@]2(Cc2ccccc23)O1. The molecule has 3 aliphatic carbocycles. The Hall–Kier alpha value is -1.17. The molecule has 1 aliphatic heterocycles.